The van der Waals surface area contributed by atoms with Gasteiger partial charge in [0.25, 0.3) is 5.91 Å². The minimum atomic E-state index is -0.528. The van der Waals surface area contributed by atoms with Crippen molar-refractivity contribution in [2.45, 2.75) is 58.7 Å². The molecule has 7 nitrogen and oxygen atoms in total. The van der Waals surface area contributed by atoms with Crippen LogP contribution in [0.5, 0.6) is 0 Å². The van der Waals surface area contributed by atoms with Crippen LogP contribution in [-0.2, 0) is 17.7 Å². The maximum Gasteiger partial charge on any atom is 0.407 e. The zero-order valence-corrected chi connectivity index (χ0v) is 20.6. The van der Waals surface area contributed by atoms with Crippen LogP contribution in [-0.4, -0.2) is 33.9 Å². The molecular formula is C20H26BrClN4O3S. The summed E-state index contributed by atoms with van der Waals surface area (Å²) >= 11 is 10.9. The highest BCUT2D eigenvalue weighted by Gasteiger charge is 2.27. The summed E-state index contributed by atoms with van der Waals surface area (Å²) in [4.78, 5) is 25.8. The maximum atomic E-state index is 12.9. The third-order valence-electron chi connectivity index (χ3n) is 4.80. The van der Waals surface area contributed by atoms with Gasteiger partial charge in [0.05, 0.1) is 23.5 Å². The number of nitrogens with one attached hydrogen (secondary N) is 2. The first kappa shape index (κ1) is 23.1. The van der Waals surface area contributed by atoms with Crippen LogP contribution in [0.15, 0.2) is 16.7 Å². The van der Waals surface area contributed by atoms with Crippen LogP contribution in [0.25, 0.3) is 0 Å². The summed E-state index contributed by atoms with van der Waals surface area (Å²) in [5.41, 5.74) is 0.942. The summed E-state index contributed by atoms with van der Waals surface area (Å²) in [5, 5.41) is 10.2. The fourth-order valence-corrected chi connectivity index (χ4v) is 5.07. The van der Waals surface area contributed by atoms with Crippen molar-refractivity contribution < 1.29 is 14.3 Å². The number of halogens is 2. The molecule has 0 saturated heterocycles. The first-order valence-electron chi connectivity index (χ1n) is 9.80. The van der Waals surface area contributed by atoms with Gasteiger partial charge in [-0.15, -0.1) is 11.3 Å². The molecule has 30 heavy (non-hydrogen) atoms. The van der Waals surface area contributed by atoms with Gasteiger partial charge in [-0.1, -0.05) is 11.6 Å². The number of nitrogens with zero attached hydrogens (tertiary/aromatic N) is 2. The molecule has 0 radical (unpaired) electrons. The van der Waals surface area contributed by atoms with E-state index in [1.165, 1.54) is 11.3 Å². The Hall–Kier alpha value is -1.58. The predicted molar refractivity (Wildman–Crippen MR) is 121 cm³/mol. The second-order valence-electron chi connectivity index (χ2n) is 8.44. The number of thiophene rings is 1. The van der Waals surface area contributed by atoms with Gasteiger partial charge in [-0.25, -0.2) is 4.79 Å². The molecule has 2 N–H and O–H groups in total. The standard InChI is InChI=1S/C20H26BrClN4O3S/c1-11(16-8-14(21)17(22)30-16)25-18(27)13-10-24-26-6-5-12(7-15(13)26)9-23-19(28)29-20(2,3)4/h8,10-12H,5-7,9H2,1-4H3,(H,23,28)(H,25,27). The van der Waals surface area contributed by atoms with Crippen LogP contribution in [0, 0.1) is 5.92 Å². The molecule has 2 aromatic heterocycles. The van der Waals surface area contributed by atoms with Gasteiger partial charge in [0.1, 0.15) is 9.94 Å². The molecule has 2 amide bonds. The fraction of sp³-hybridized carbons (Fsp3) is 0.550. The molecule has 0 aliphatic carbocycles. The topological polar surface area (TPSA) is 85.3 Å². The fourth-order valence-electron chi connectivity index (χ4n) is 3.33. The van der Waals surface area contributed by atoms with Gasteiger partial charge in [-0.2, -0.15) is 5.10 Å². The average molecular weight is 518 g/mol. The van der Waals surface area contributed by atoms with E-state index in [9.17, 15) is 9.59 Å². The second-order valence-corrected chi connectivity index (χ2v) is 11.0. The van der Waals surface area contributed by atoms with Crippen LogP contribution in [0.3, 0.4) is 0 Å². The van der Waals surface area contributed by atoms with Gasteiger partial charge < -0.3 is 15.4 Å². The Balaban J connectivity index is 1.61. The Morgan fingerprint density at radius 1 is 1.47 bits per heavy atom. The zero-order chi connectivity index (χ0) is 22.1. The first-order valence-corrected chi connectivity index (χ1v) is 11.8. The van der Waals surface area contributed by atoms with E-state index in [1.54, 1.807) is 6.20 Å². The molecule has 164 valence electrons. The number of amides is 2. The van der Waals surface area contributed by atoms with Crippen molar-refractivity contribution in [1.29, 1.82) is 0 Å². The third-order valence-corrected chi connectivity index (χ3v) is 7.45. The zero-order valence-electron chi connectivity index (χ0n) is 17.4. The van der Waals surface area contributed by atoms with Gasteiger partial charge in [-0.05, 0) is 68.5 Å². The summed E-state index contributed by atoms with van der Waals surface area (Å²) in [6.07, 6.45) is 2.75. The Bertz CT molecular complexity index is 918. The number of ether oxygens (including phenoxy) is 1. The Kier molecular flexibility index (Phi) is 7.14. The molecule has 10 heteroatoms. The van der Waals surface area contributed by atoms with Crippen molar-refractivity contribution in [3.8, 4) is 0 Å². The minimum absolute atomic E-state index is 0.162. The van der Waals surface area contributed by atoms with Crippen molar-refractivity contribution in [3.63, 3.8) is 0 Å². The molecule has 3 rings (SSSR count). The molecule has 0 bridgehead atoms. The van der Waals surface area contributed by atoms with Crippen LogP contribution >= 0.6 is 38.9 Å². The van der Waals surface area contributed by atoms with E-state index in [2.05, 4.69) is 31.7 Å². The van der Waals surface area contributed by atoms with Gasteiger partial charge in [0, 0.05) is 22.4 Å². The molecular weight excluding hydrogens is 492 g/mol. The van der Waals surface area contributed by atoms with E-state index in [1.807, 2.05) is 38.4 Å². The molecule has 2 unspecified atom stereocenters. The number of carbonyl (C=O) groups is 2. The molecule has 2 atom stereocenters. The summed E-state index contributed by atoms with van der Waals surface area (Å²) in [6, 6.07) is 1.75. The van der Waals surface area contributed by atoms with Crippen molar-refractivity contribution in [2.24, 2.45) is 5.92 Å². The Morgan fingerprint density at radius 2 is 2.20 bits per heavy atom. The summed E-state index contributed by atoms with van der Waals surface area (Å²) in [6.45, 7) is 8.64. The molecule has 0 spiro atoms. The molecule has 1 aliphatic heterocycles. The number of rotatable bonds is 5. The van der Waals surface area contributed by atoms with E-state index in [0.717, 1.165) is 21.5 Å². The van der Waals surface area contributed by atoms with Crippen LogP contribution < -0.4 is 10.6 Å². The lowest BCUT2D eigenvalue weighted by Gasteiger charge is -2.25. The number of alkyl carbamates (subject to hydrolysis) is 1. The van der Waals surface area contributed by atoms with Gasteiger partial charge in [0.15, 0.2) is 0 Å². The predicted octanol–water partition coefficient (Wildman–Crippen LogP) is 4.94. The van der Waals surface area contributed by atoms with Crippen molar-refractivity contribution >= 4 is 50.9 Å². The largest absolute Gasteiger partial charge is 0.444 e. The summed E-state index contributed by atoms with van der Waals surface area (Å²) < 4.78 is 8.66. The number of fused-ring (bicyclic) bond motifs is 1. The number of hydrogen-bond acceptors (Lipinski definition) is 5. The van der Waals surface area contributed by atoms with Crippen molar-refractivity contribution in [2.75, 3.05) is 6.54 Å². The average Bonchev–Trinajstić information content (AvgIpc) is 3.21. The Labute approximate surface area is 193 Å². The molecule has 0 saturated carbocycles. The van der Waals surface area contributed by atoms with Gasteiger partial charge in [-0.3, -0.25) is 9.48 Å². The van der Waals surface area contributed by atoms with E-state index in [-0.39, 0.29) is 17.9 Å². The van der Waals surface area contributed by atoms with Crippen LogP contribution in [0.4, 0.5) is 4.79 Å². The molecule has 0 aromatic carbocycles. The SMILES string of the molecule is CC(NC(=O)c1cnn2c1CC(CNC(=O)OC(C)(C)C)CC2)c1cc(Br)c(Cl)s1. The van der Waals surface area contributed by atoms with Crippen molar-refractivity contribution in [3.05, 3.63) is 37.2 Å². The van der Waals surface area contributed by atoms with E-state index < -0.39 is 11.7 Å². The number of carbonyl (C=O) groups excluding carboxylic acids is 2. The molecule has 2 aromatic rings. The first-order chi connectivity index (χ1) is 14.0. The van der Waals surface area contributed by atoms with E-state index >= 15 is 0 Å². The quantitative estimate of drug-likeness (QED) is 0.588. The molecule has 1 aliphatic rings. The summed E-state index contributed by atoms with van der Waals surface area (Å²) in [7, 11) is 0. The van der Waals surface area contributed by atoms with Crippen LogP contribution in [0.1, 0.15) is 61.1 Å². The Morgan fingerprint density at radius 3 is 2.83 bits per heavy atom. The number of aromatic nitrogens is 2. The third kappa shape index (κ3) is 5.76. The number of hydrogen-bond donors (Lipinski definition) is 2. The second kappa shape index (κ2) is 9.28. The lowest BCUT2D eigenvalue weighted by Crippen LogP contribution is -2.37. The van der Waals surface area contributed by atoms with Gasteiger partial charge >= 0.3 is 6.09 Å². The molecule has 3 heterocycles. The number of aryl methyl sites for hydroxylation is 1. The lowest BCUT2D eigenvalue weighted by molar-refractivity contribution is 0.0516. The highest BCUT2D eigenvalue weighted by molar-refractivity contribution is 9.10. The lowest BCUT2D eigenvalue weighted by atomic mass is 9.94. The highest BCUT2D eigenvalue weighted by atomic mass is 79.9. The van der Waals surface area contributed by atoms with E-state index in [4.69, 9.17) is 16.3 Å². The van der Waals surface area contributed by atoms with E-state index in [0.29, 0.717) is 29.4 Å². The maximum absolute atomic E-state index is 12.9. The van der Waals surface area contributed by atoms with Gasteiger partial charge in [0.2, 0.25) is 0 Å². The molecule has 0 fully saturated rings. The van der Waals surface area contributed by atoms with Crippen molar-refractivity contribution in [1.82, 2.24) is 20.4 Å². The monoisotopic (exact) mass is 516 g/mol. The normalized spacial score (nSPS) is 17.2. The summed E-state index contributed by atoms with van der Waals surface area (Å²) in [5.74, 6) is 0.0582. The minimum Gasteiger partial charge on any atom is -0.444 e. The highest BCUT2D eigenvalue weighted by Crippen LogP contribution is 2.35. The van der Waals surface area contributed by atoms with Crippen LogP contribution in [0.2, 0.25) is 4.34 Å². The smallest absolute Gasteiger partial charge is 0.407 e.